The zero-order valence-electron chi connectivity index (χ0n) is 13.7. The number of nitrogens with one attached hydrogen (secondary N) is 2. The van der Waals surface area contributed by atoms with Crippen LogP contribution in [-0.4, -0.2) is 17.7 Å². The lowest BCUT2D eigenvalue weighted by molar-refractivity contribution is -0.137. The second-order valence-corrected chi connectivity index (χ2v) is 6.65. The minimum Gasteiger partial charge on any atom is -0.384 e. The third kappa shape index (κ3) is 3.66. The Kier molecular flexibility index (Phi) is 4.44. The predicted octanol–water partition coefficient (Wildman–Crippen LogP) is 5.03. The minimum atomic E-state index is -4.74. The second kappa shape index (κ2) is 6.21. The number of benzene rings is 1. The molecule has 2 aromatic rings. The van der Waals surface area contributed by atoms with E-state index in [2.05, 4.69) is 10.3 Å². The summed E-state index contributed by atoms with van der Waals surface area (Å²) in [6.07, 6.45) is -10.3. The number of aromatic amines is 1. The van der Waals surface area contributed by atoms with Crippen LogP contribution >= 0.6 is 0 Å². The first-order valence-corrected chi connectivity index (χ1v) is 8.04. The van der Waals surface area contributed by atoms with E-state index < -0.39 is 35.8 Å². The van der Waals surface area contributed by atoms with Gasteiger partial charge >= 0.3 is 12.4 Å². The molecule has 0 saturated heterocycles. The van der Waals surface area contributed by atoms with Crippen molar-refractivity contribution in [1.82, 2.24) is 4.98 Å². The molecule has 0 aliphatic carbocycles. The van der Waals surface area contributed by atoms with E-state index in [9.17, 15) is 31.1 Å². The van der Waals surface area contributed by atoms with Crippen molar-refractivity contribution in [3.8, 4) is 0 Å². The molecule has 2 heterocycles. The molecule has 1 aromatic heterocycles. The van der Waals surface area contributed by atoms with Crippen LogP contribution in [-0.2, 0) is 6.18 Å². The van der Waals surface area contributed by atoms with Gasteiger partial charge in [0.05, 0.1) is 11.1 Å². The molecule has 1 aromatic carbocycles. The summed E-state index contributed by atoms with van der Waals surface area (Å²) in [6, 6.07) is 3.10. The third-order valence-corrected chi connectivity index (χ3v) is 4.76. The SMILES string of the molecule is C[C@H]1CNc2cc3[nH]c(=O)cc(C(F)(F)F)c3cc2C1CCC(F)(F)F. The number of pyridine rings is 1. The van der Waals surface area contributed by atoms with Crippen LogP contribution in [0.3, 0.4) is 0 Å². The fraction of sp³-hybridized carbons (Fsp3) is 0.471. The van der Waals surface area contributed by atoms with Crippen LogP contribution in [0.4, 0.5) is 32.0 Å². The number of fused-ring (bicyclic) bond motifs is 2. The first kappa shape index (κ1) is 18.6. The van der Waals surface area contributed by atoms with Gasteiger partial charge in [-0.05, 0) is 36.0 Å². The molecule has 0 saturated carbocycles. The Balaban J connectivity index is 2.15. The van der Waals surface area contributed by atoms with Crippen molar-refractivity contribution < 1.29 is 26.3 Å². The molecule has 142 valence electrons. The van der Waals surface area contributed by atoms with Gasteiger partial charge in [-0.25, -0.2) is 0 Å². The Bertz CT molecular complexity index is 884. The van der Waals surface area contributed by atoms with Crippen LogP contribution in [0, 0.1) is 5.92 Å². The standard InChI is InChI=1S/C17H16F6N2O/c1-8-7-24-13-6-14-11(12(17(21,22)23)5-15(26)25-14)4-10(13)9(8)2-3-16(18,19)20/h4-6,8-9,24H,2-3,7H2,1H3,(H,25,26)/t8-,9?/m0/s1. The average molecular weight is 378 g/mol. The van der Waals surface area contributed by atoms with Crippen molar-refractivity contribution in [3.63, 3.8) is 0 Å². The predicted molar refractivity (Wildman–Crippen MR) is 85.3 cm³/mol. The molecule has 2 N–H and O–H groups in total. The van der Waals surface area contributed by atoms with Gasteiger partial charge in [0.25, 0.3) is 0 Å². The number of rotatable bonds is 2. The summed E-state index contributed by atoms with van der Waals surface area (Å²) in [6.45, 7) is 2.17. The summed E-state index contributed by atoms with van der Waals surface area (Å²) in [5.41, 5.74) is -1.11. The average Bonchev–Trinajstić information content (AvgIpc) is 2.49. The summed E-state index contributed by atoms with van der Waals surface area (Å²) in [4.78, 5) is 13.9. The Morgan fingerprint density at radius 2 is 1.81 bits per heavy atom. The fourth-order valence-corrected chi connectivity index (χ4v) is 3.49. The molecule has 0 spiro atoms. The van der Waals surface area contributed by atoms with E-state index in [1.165, 1.54) is 12.1 Å². The van der Waals surface area contributed by atoms with E-state index in [1.807, 2.05) is 0 Å². The minimum absolute atomic E-state index is 0.000185. The van der Waals surface area contributed by atoms with Gasteiger partial charge in [0.2, 0.25) is 5.56 Å². The van der Waals surface area contributed by atoms with Gasteiger partial charge in [0.15, 0.2) is 0 Å². The van der Waals surface area contributed by atoms with Crippen LogP contribution in [0.2, 0.25) is 0 Å². The first-order valence-electron chi connectivity index (χ1n) is 8.04. The molecule has 3 nitrogen and oxygen atoms in total. The van der Waals surface area contributed by atoms with Gasteiger partial charge in [-0.2, -0.15) is 26.3 Å². The highest BCUT2D eigenvalue weighted by molar-refractivity contribution is 5.87. The van der Waals surface area contributed by atoms with Gasteiger partial charge < -0.3 is 10.3 Å². The molecule has 1 unspecified atom stereocenters. The Morgan fingerprint density at radius 3 is 2.42 bits per heavy atom. The summed E-state index contributed by atoms with van der Waals surface area (Å²) in [5.74, 6) is -0.690. The zero-order valence-corrected chi connectivity index (χ0v) is 13.7. The number of hydrogen-bond acceptors (Lipinski definition) is 2. The third-order valence-electron chi connectivity index (χ3n) is 4.76. The van der Waals surface area contributed by atoms with Crippen molar-refractivity contribution in [3.05, 3.63) is 39.7 Å². The van der Waals surface area contributed by atoms with Crippen molar-refractivity contribution in [2.45, 2.75) is 38.0 Å². The van der Waals surface area contributed by atoms with E-state index in [1.54, 1.807) is 6.92 Å². The molecule has 0 amide bonds. The summed E-state index contributed by atoms with van der Waals surface area (Å²) < 4.78 is 77.8. The maximum absolute atomic E-state index is 13.3. The first-order chi connectivity index (χ1) is 12.0. The number of aromatic nitrogens is 1. The molecule has 26 heavy (non-hydrogen) atoms. The molecule has 9 heteroatoms. The van der Waals surface area contributed by atoms with E-state index in [4.69, 9.17) is 0 Å². The lowest BCUT2D eigenvalue weighted by Crippen LogP contribution is -2.27. The van der Waals surface area contributed by atoms with Crippen LogP contribution in [0.15, 0.2) is 23.0 Å². The molecule has 2 atom stereocenters. The van der Waals surface area contributed by atoms with Crippen LogP contribution in [0.25, 0.3) is 10.9 Å². The number of anilines is 1. The lowest BCUT2D eigenvalue weighted by atomic mass is 9.79. The fourth-order valence-electron chi connectivity index (χ4n) is 3.49. The van der Waals surface area contributed by atoms with Gasteiger partial charge in [-0.1, -0.05) is 6.92 Å². The van der Waals surface area contributed by atoms with Gasteiger partial charge in [0.1, 0.15) is 0 Å². The summed E-state index contributed by atoms with van der Waals surface area (Å²) in [7, 11) is 0. The Hall–Kier alpha value is -2.19. The smallest absolute Gasteiger partial charge is 0.384 e. The maximum atomic E-state index is 13.3. The van der Waals surface area contributed by atoms with Crippen molar-refractivity contribution in [2.24, 2.45) is 5.92 Å². The quantitative estimate of drug-likeness (QED) is 0.720. The van der Waals surface area contributed by atoms with E-state index in [0.29, 0.717) is 23.9 Å². The normalized spacial score (nSPS) is 20.7. The van der Waals surface area contributed by atoms with Crippen molar-refractivity contribution in [1.29, 1.82) is 0 Å². The Morgan fingerprint density at radius 1 is 1.12 bits per heavy atom. The number of H-pyrrole nitrogens is 1. The number of hydrogen-bond donors (Lipinski definition) is 2. The molecule has 0 fully saturated rings. The highest BCUT2D eigenvalue weighted by atomic mass is 19.4. The topological polar surface area (TPSA) is 44.9 Å². The van der Waals surface area contributed by atoms with Gasteiger partial charge in [0, 0.05) is 30.1 Å². The van der Waals surface area contributed by atoms with Crippen LogP contribution in [0.1, 0.15) is 36.8 Å². The number of alkyl halides is 6. The number of halogens is 6. The molecule has 0 radical (unpaired) electrons. The molecule has 0 bridgehead atoms. The highest BCUT2D eigenvalue weighted by Gasteiger charge is 2.36. The molecular weight excluding hydrogens is 362 g/mol. The van der Waals surface area contributed by atoms with Crippen molar-refractivity contribution >= 4 is 16.6 Å². The molecular formula is C17H16F6N2O. The van der Waals surface area contributed by atoms with Crippen LogP contribution in [0.5, 0.6) is 0 Å². The molecule has 3 rings (SSSR count). The molecule has 1 aliphatic heterocycles. The lowest BCUT2D eigenvalue weighted by Gasteiger charge is -2.33. The van der Waals surface area contributed by atoms with Crippen molar-refractivity contribution in [2.75, 3.05) is 11.9 Å². The van der Waals surface area contributed by atoms with E-state index in [-0.39, 0.29) is 23.2 Å². The highest BCUT2D eigenvalue weighted by Crippen LogP contribution is 2.43. The van der Waals surface area contributed by atoms with Gasteiger partial charge in [-0.3, -0.25) is 4.79 Å². The zero-order chi connectivity index (χ0) is 19.3. The molecule has 1 aliphatic rings. The summed E-state index contributed by atoms with van der Waals surface area (Å²) in [5, 5.41) is 2.81. The summed E-state index contributed by atoms with van der Waals surface area (Å²) >= 11 is 0. The van der Waals surface area contributed by atoms with Crippen LogP contribution < -0.4 is 10.9 Å². The maximum Gasteiger partial charge on any atom is 0.417 e. The second-order valence-electron chi connectivity index (χ2n) is 6.65. The van der Waals surface area contributed by atoms with Gasteiger partial charge in [-0.15, -0.1) is 0 Å². The van der Waals surface area contributed by atoms with E-state index in [0.717, 1.165) is 0 Å². The largest absolute Gasteiger partial charge is 0.417 e. The Labute approximate surface area is 144 Å². The van der Waals surface area contributed by atoms with E-state index >= 15 is 0 Å². The monoisotopic (exact) mass is 378 g/mol.